The Morgan fingerprint density at radius 3 is 2.83 bits per heavy atom. The topological polar surface area (TPSA) is 49.3 Å². The Morgan fingerprint density at radius 1 is 1.50 bits per heavy atom. The molecule has 2 N–H and O–H groups in total. The summed E-state index contributed by atoms with van der Waals surface area (Å²) in [7, 11) is 0. The second-order valence-corrected chi connectivity index (χ2v) is 6.47. The van der Waals surface area contributed by atoms with Crippen LogP contribution in [0.15, 0.2) is 23.6 Å². The van der Waals surface area contributed by atoms with Crippen molar-refractivity contribution in [3.63, 3.8) is 0 Å². The molecule has 2 heterocycles. The van der Waals surface area contributed by atoms with Crippen LogP contribution in [0.25, 0.3) is 0 Å². The minimum atomic E-state index is -0.862. The van der Waals surface area contributed by atoms with Gasteiger partial charge in [-0.1, -0.05) is 0 Å². The van der Waals surface area contributed by atoms with Gasteiger partial charge in [-0.25, -0.2) is 4.79 Å². The van der Waals surface area contributed by atoms with Crippen molar-refractivity contribution in [2.75, 3.05) is 0 Å². The first-order valence-electron chi connectivity index (χ1n) is 5.66. The Labute approximate surface area is 114 Å². The molecule has 3 nitrogen and oxygen atoms in total. The number of nitrogens with one attached hydrogen (secondary N) is 1. The molecular weight excluding hydrogens is 266 g/mol. The monoisotopic (exact) mass is 281 g/mol. The van der Waals surface area contributed by atoms with Crippen LogP contribution in [-0.4, -0.2) is 11.1 Å². The van der Waals surface area contributed by atoms with Gasteiger partial charge in [-0.05, 0) is 32.0 Å². The fourth-order valence-electron chi connectivity index (χ4n) is 1.63. The van der Waals surface area contributed by atoms with E-state index < -0.39 is 5.97 Å². The van der Waals surface area contributed by atoms with Crippen molar-refractivity contribution in [1.82, 2.24) is 5.32 Å². The molecule has 0 fully saturated rings. The summed E-state index contributed by atoms with van der Waals surface area (Å²) in [6.07, 6.45) is 0. The molecule has 0 aromatic carbocycles. The summed E-state index contributed by atoms with van der Waals surface area (Å²) >= 11 is 3.27. The number of thiophene rings is 2. The van der Waals surface area contributed by atoms with Gasteiger partial charge in [-0.3, -0.25) is 0 Å². The van der Waals surface area contributed by atoms with Crippen LogP contribution >= 0.6 is 22.7 Å². The highest BCUT2D eigenvalue weighted by molar-refractivity contribution is 7.12. The van der Waals surface area contributed by atoms with Crippen LogP contribution in [0, 0.1) is 6.92 Å². The van der Waals surface area contributed by atoms with Gasteiger partial charge < -0.3 is 10.4 Å². The van der Waals surface area contributed by atoms with Crippen LogP contribution in [0.1, 0.15) is 38.0 Å². The van der Waals surface area contributed by atoms with E-state index in [1.165, 1.54) is 21.1 Å². The number of aryl methyl sites for hydroxylation is 1. The molecule has 2 aromatic heterocycles. The lowest BCUT2D eigenvalue weighted by atomic mass is 10.2. The predicted octanol–water partition coefficient (Wildman–Crippen LogP) is 3.67. The van der Waals surface area contributed by atoms with E-state index in [0.717, 1.165) is 4.88 Å². The third-order valence-corrected chi connectivity index (χ3v) is 4.79. The van der Waals surface area contributed by atoms with E-state index in [2.05, 4.69) is 31.3 Å². The van der Waals surface area contributed by atoms with Crippen molar-refractivity contribution in [3.05, 3.63) is 43.8 Å². The number of hydrogen-bond acceptors (Lipinski definition) is 4. The smallest absolute Gasteiger partial charge is 0.336 e. The zero-order valence-corrected chi connectivity index (χ0v) is 11.9. The van der Waals surface area contributed by atoms with Crippen molar-refractivity contribution in [2.45, 2.75) is 26.4 Å². The van der Waals surface area contributed by atoms with Gasteiger partial charge in [-0.15, -0.1) is 22.7 Å². The number of carboxylic acids is 1. The molecule has 0 saturated carbocycles. The van der Waals surface area contributed by atoms with Gasteiger partial charge in [0, 0.05) is 32.6 Å². The normalized spacial score (nSPS) is 12.6. The zero-order chi connectivity index (χ0) is 13.1. The van der Waals surface area contributed by atoms with E-state index in [9.17, 15) is 4.79 Å². The van der Waals surface area contributed by atoms with E-state index >= 15 is 0 Å². The first-order chi connectivity index (χ1) is 8.56. The molecule has 96 valence electrons. The highest BCUT2D eigenvalue weighted by Crippen LogP contribution is 2.23. The van der Waals surface area contributed by atoms with E-state index in [-0.39, 0.29) is 0 Å². The van der Waals surface area contributed by atoms with Gasteiger partial charge in [0.2, 0.25) is 0 Å². The maximum atomic E-state index is 10.8. The molecule has 1 atom stereocenters. The predicted molar refractivity (Wildman–Crippen MR) is 75.6 cm³/mol. The maximum Gasteiger partial charge on any atom is 0.336 e. The van der Waals surface area contributed by atoms with Crippen molar-refractivity contribution >= 4 is 28.6 Å². The van der Waals surface area contributed by atoms with Gasteiger partial charge in [0.25, 0.3) is 0 Å². The molecular formula is C13H15NO2S2. The minimum absolute atomic E-state index is 0.291. The van der Waals surface area contributed by atoms with E-state index in [0.29, 0.717) is 18.2 Å². The lowest BCUT2D eigenvalue weighted by Gasteiger charge is -2.10. The Balaban J connectivity index is 1.92. The van der Waals surface area contributed by atoms with Crippen LogP contribution in [0.3, 0.4) is 0 Å². The number of aromatic carboxylic acids is 1. The fraction of sp³-hybridized carbons (Fsp3) is 0.308. The lowest BCUT2D eigenvalue weighted by molar-refractivity contribution is 0.0697. The van der Waals surface area contributed by atoms with Crippen molar-refractivity contribution in [3.8, 4) is 0 Å². The third kappa shape index (κ3) is 3.19. The molecule has 0 bridgehead atoms. The zero-order valence-electron chi connectivity index (χ0n) is 10.3. The molecule has 2 rings (SSSR count). The molecule has 0 aliphatic heterocycles. The van der Waals surface area contributed by atoms with Crippen molar-refractivity contribution in [2.24, 2.45) is 0 Å². The average molecular weight is 281 g/mol. The summed E-state index contributed by atoms with van der Waals surface area (Å²) in [5.41, 5.74) is 0.372. The molecule has 18 heavy (non-hydrogen) atoms. The standard InChI is InChI=1S/C13H15NO2S2/c1-8-3-4-12(18-8)9(2)14-6-11-5-10(7-17-11)13(15)16/h3-5,7,9,14H,6H2,1-2H3,(H,15,16). The molecule has 0 aliphatic carbocycles. The van der Waals surface area contributed by atoms with E-state index in [1.54, 1.807) is 22.8 Å². The Kier molecular flexibility index (Phi) is 4.16. The largest absolute Gasteiger partial charge is 0.478 e. The molecule has 5 heteroatoms. The summed E-state index contributed by atoms with van der Waals surface area (Å²) in [5.74, 6) is -0.862. The molecule has 0 aliphatic rings. The van der Waals surface area contributed by atoms with Gasteiger partial charge in [0.1, 0.15) is 0 Å². The van der Waals surface area contributed by atoms with Crippen LogP contribution in [-0.2, 0) is 6.54 Å². The average Bonchev–Trinajstić information content (AvgIpc) is 2.94. The van der Waals surface area contributed by atoms with Crippen LogP contribution < -0.4 is 5.32 Å². The number of hydrogen-bond donors (Lipinski definition) is 2. The minimum Gasteiger partial charge on any atom is -0.478 e. The fourth-order valence-corrected chi connectivity index (χ4v) is 3.34. The maximum absolute atomic E-state index is 10.8. The van der Waals surface area contributed by atoms with E-state index in [1.807, 2.05) is 0 Å². The number of carbonyl (C=O) groups is 1. The molecule has 0 spiro atoms. The Bertz CT molecular complexity index is 545. The molecule has 0 radical (unpaired) electrons. The van der Waals surface area contributed by atoms with Crippen LogP contribution in [0.4, 0.5) is 0 Å². The molecule has 1 unspecified atom stereocenters. The highest BCUT2D eigenvalue weighted by Gasteiger charge is 2.09. The summed E-state index contributed by atoms with van der Waals surface area (Å²) < 4.78 is 0. The van der Waals surface area contributed by atoms with Crippen molar-refractivity contribution < 1.29 is 9.90 Å². The summed E-state index contributed by atoms with van der Waals surface area (Å²) in [5, 5.41) is 13.9. The first-order valence-corrected chi connectivity index (χ1v) is 7.36. The van der Waals surface area contributed by atoms with Crippen LogP contribution in [0.2, 0.25) is 0 Å². The molecule has 0 amide bonds. The van der Waals surface area contributed by atoms with Gasteiger partial charge >= 0.3 is 5.97 Å². The summed E-state index contributed by atoms with van der Waals surface area (Å²) in [4.78, 5) is 14.4. The third-order valence-electron chi connectivity index (χ3n) is 2.67. The first kappa shape index (κ1) is 13.3. The lowest BCUT2D eigenvalue weighted by Crippen LogP contribution is -2.16. The van der Waals surface area contributed by atoms with Crippen molar-refractivity contribution in [1.29, 1.82) is 0 Å². The van der Waals surface area contributed by atoms with Crippen LogP contribution in [0.5, 0.6) is 0 Å². The number of rotatable bonds is 5. The molecule has 0 saturated heterocycles. The molecule has 2 aromatic rings. The number of carboxylic acid groups (broad SMARTS) is 1. The summed E-state index contributed by atoms with van der Waals surface area (Å²) in [6, 6.07) is 6.27. The Hall–Kier alpha value is -1.17. The van der Waals surface area contributed by atoms with Gasteiger partial charge in [0.05, 0.1) is 5.56 Å². The van der Waals surface area contributed by atoms with Gasteiger partial charge in [0.15, 0.2) is 0 Å². The van der Waals surface area contributed by atoms with E-state index in [4.69, 9.17) is 5.11 Å². The quantitative estimate of drug-likeness (QED) is 0.879. The second-order valence-electron chi connectivity index (χ2n) is 4.16. The second kappa shape index (κ2) is 5.65. The SMILES string of the molecule is Cc1ccc(C(C)NCc2cc(C(=O)O)cs2)s1. The highest BCUT2D eigenvalue weighted by atomic mass is 32.1. The Morgan fingerprint density at radius 2 is 2.28 bits per heavy atom. The summed E-state index contributed by atoms with van der Waals surface area (Å²) in [6.45, 7) is 4.92. The van der Waals surface area contributed by atoms with Gasteiger partial charge in [-0.2, -0.15) is 0 Å².